The van der Waals surface area contributed by atoms with Crippen molar-refractivity contribution in [3.05, 3.63) is 59.7 Å². The van der Waals surface area contributed by atoms with Gasteiger partial charge < -0.3 is 10.5 Å². The number of Topliss-reactive ketones (excluding diaryl/α,β-unsaturated/α-hetero) is 1. The first-order chi connectivity index (χ1) is 11.5. The number of benzene rings is 2. The zero-order valence-corrected chi connectivity index (χ0v) is 14.7. The molecule has 0 spiro atoms. The molecule has 4 heteroatoms. The molecule has 0 heterocycles. The Morgan fingerprint density at radius 3 is 2.46 bits per heavy atom. The number of ether oxygens (including phenoxy) is 1. The van der Waals surface area contributed by atoms with Crippen LogP contribution in [0.2, 0.25) is 0 Å². The Morgan fingerprint density at radius 1 is 1.17 bits per heavy atom. The maximum Gasteiger partial charge on any atom is 0.164 e. The summed E-state index contributed by atoms with van der Waals surface area (Å²) >= 11 is 0. The number of anilines is 1. The molecule has 0 aromatic heterocycles. The predicted octanol–water partition coefficient (Wildman–Crippen LogP) is 3.76. The van der Waals surface area contributed by atoms with Crippen molar-refractivity contribution in [2.45, 2.75) is 32.9 Å². The normalized spacial score (nSPS) is 11.0. The molecule has 0 bridgehead atoms. The van der Waals surface area contributed by atoms with Gasteiger partial charge >= 0.3 is 0 Å². The third-order valence-corrected chi connectivity index (χ3v) is 4.14. The third kappa shape index (κ3) is 4.83. The summed E-state index contributed by atoms with van der Waals surface area (Å²) in [6.07, 6.45) is 0.469. The van der Waals surface area contributed by atoms with E-state index >= 15 is 0 Å². The average Bonchev–Trinajstić information content (AvgIpc) is 2.58. The Hall–Kier alpha value is -2.33. The number of hydrogen-bond donors (Lipinski definition) is 1. The van der Waals surface area contributed by atoms with Crippen LogP contribution in [0.4, 0.5) is 5.69 Å². The van der Waals surface area contributed by atoms with Crippen LogP contribution in [0.3, 0.4) is 0 Å². The van der Waals surface area contributed by atoms with E-state index in [1.807, 2.05) is 18.2 Å². The maximum absolute atomic E-state index is 12.5. The molecule has 0 saturated heterocycles. The Kier molecular flexibility index (Phi) is 6.38. The summed E-state index contributed by atoms with van der Waals surface area (Å²) in [5.74, 6) is 0.697. The minimum Gasteiger partial charge on any atom is -0.495 e. The number of methoxy groups -OCH3 is 1. The number of carbonyl (C=O) groups is 1. The Labute approximate surface area is 144 Å². The number of rotatable bonds is 8. The van der Waals surface area contributed by atoms with Gasteiger partial charge in [-0.25, -0.2) is 0 Å². The van der Waals surface area contributed by atoms with Crippen molar-refractivity contribution >= 4 is 11.5 Å². The molecule has 24 heavy (non-hydrogen) atoms. The zero-order chi connectivity index (χ0) is 17.5. The second kappa shape index (κ2) is 8.50. The van der Waals surface area contributed by atoms with Crippen LogP contribution in [0, 0.1) is 0 Å². The van der Waals surface area contributed by atoms with Crippen LogP contribution in [0.25, 0.3) is 0 Å². The minimum atomic E-state index is 0.100. The van der Waals surface area contributed by atoms with Crippen LogP contribution in [-0.2, 0) is 6.54 Å². The molecule has 0 radical (unpaired) electrons. The fourth-order valence-corrected chi connectivity index (χ4v) is 2.64. The molecule has 0 unspecified atom stereocenters. The lowest BCUT2D eigenvalue weighted by Gasteiger charge is -2.26. The third-order valence-electron chi connectivity index (χ3n) is 4.14. The van der Waals surface area contributed by atoms with Crippen molar-refractivity contribution in [3.8, 4) is 5.75 Å². The highest BCUT2D eigenvalue weighted by atomic mass is 16.5. The molecule has 2 aromatic carbocycles. The summed E-state index contributed by atoms with van der Waals surface area (Å²) in [4.78, 5) is 14.8. The monoisotopic (exact) mass is 326 g/mol. The molecule has 2 rings (SSSR count). The van der Waals surface area contributed by atoms with E-state index in [-0.39, 0.29) is 5.78 Å². The van der Waals surface area contributed by atoms with Crippen molar-refractivity contribution in [2.24, 2.45) is 0 Å². The minimum absolute atomic E-state index is 0.100. The quantitative estimate of drug-likeness (QED) is 0.593. The highest BCUT2D eigenvalue weighted by molar-refractivity contribution is 5.97. The number of nitrogens with zero attached hydrogens (tertiary/aromatic N) is 1. The number of nitrogen functional groups attached to an aromatic ring is 1. The van der Waals surface area contributed by atoms with Crippen LogP contribution in [-0.4, -0.2) is 30.4 Å². The lowest BCUT2D eigenvalue weighted by molar-refractivity contribution is 0.0952. The molecule has 0 aliphatic carbocycles. The van der Waals surface area contributed by atoms with Gasteiger partial charge in [-0.1, -0.05) is 30.3 Å². The Bertz CT molecular complexity index is 669. The van der Waals surface area contributed by atoms with Gasteiger partial charge in [0.05, 0.1) is 12.8 Å². The summed E-state index contributed by atoms with van der Waals surface area (Å²) in [6.45, 7) is 5.87. The van der Waals surface area contributed by atoms with E-state index in [1.54, 1.807) is 25.3 Å². The maximum atomic E-state index is 12.5. The molecule has 4 nitrogen and oxygen atoms in total. The summed E-state index contributed by atoms with van der Waals surface area (Å²) < 4.78 is 5.13. The first-order valence-corrected chi connectivity index (χ1v) is 8.26. The van der Waals surface area contributed by atoms with Gasteiger partial charge in [-0.3, -0.25) is 9.69 Å². The zero-order valence-electron chi connectivity index (χ0n) is 14.7. The molecule has 0 saturated carbocycles. The first kappa shape index (κ1) is 18.0. The summed E-state index contributed by atoms with van der Waals surface area (Å²) in [5, 5.41) is 0. The van der Waals surface area contributed by atoms with E-state index < -0.39 is 0 Å². The fraction of sp³-hybridized carbons (Fsp3) is 0.350. The van der Waals surface area contributed by atoms with Gasteiger partial charge in [0.2, 0.25) is 0 Å². The first-order valence-electron chi connectivity index (χ1n) is 8.26. The van der Waals surface area contributed by atoms with Gasteiger partial charge in [0.1, 0.15) is 5.75 Å². The highest BCUT2D eigenvalue weighted by Gasteiger charge is 2.14. The molecule has 0 atom stereocenters. The number of hydrogen-bond acceptors (Lipinski definition) is 4. The van der Waals surface area contributed by atoms with Crippen LogP contribution in [0.1, 0.15) is 36.2 Å². The van der Waals surface area contributed by atoms with Crippen LogP contribution >= 0.6 is 0 Å². The van der Waals surface area contributed by atoms with Gasteiger partial charge in [0.15, 0.2) is 5.78 Å². The van der Waals surface area contributed by atoms with Crippen molar-refractivity contribution in [1.29, 1.82) is 0 Å². The Morgan fingerprint density at radius 2 is 1.88 bits per heavy atom. The summed E-state index contributed by atoms with van der Waals surface area (Å²) in [6, 6.07) is 15.9. The number of carbonyl (C=O) groups excluding carboxylic acids is 1. The number of nitrogens with two attached hydrogens (primary N) is 1. The largest absolute Gasteiger partial charge is 0.495 e. The molecule has 0 aliphatic rings. The Balaban J connectivity index is 1.98. The van der Waals surface area contributed by atoms with Gasteiger partial charge in [0, 0.05) is 31.1 Å². The van der Waals surface area contributed by atoms with Gasteiger partial charge in [-0.05, 0) is 37.6 Å². The van der Waals surface area contributed by atoms with E-state index in [2.05, 4.69) is 30.9 Å². The molecule has 0 aliphatic heterocycles. The fourth-order valence-electron chi connectivity index (χ4n) is 2.64. The van der Waals surface area contributed by atoms with Crippen LogP contribution < -0.4 is 10.5 Å². The van der Waals surface area contributed by atoms with E-state index in [0.717, 1.165) is 13.1 Å². The van der Waals surface area contributed by atoms with Gasteiger partial charge in [-0.2, -0.15) is 0 Å². The molecule has 2 N–H and O–H groups in total. The molecule has 0 fully saturated rings. The van der Waals surface area contributed by atoms with Crippen molar-refractivity contribution in [2.75, 3.05) is 19.4 Å². The smallest absolute Gasteiger partial charge is 0.164 e. The van der Waals surface area contributed by atoms with Crippen LogP contribution in [0.5, 0.6) is 5.75 Å². The van der Waals surface area contributed by atoms with E-state index in [0.29, 0.717) is 29.5 Å². The second-order valence-electron chi connectivity index (χ2n) is 6.18. The van der Waals surface area contributed by atoms with Gasteiger partial charge in [-0.15, -0.1) is 0 Å². The second-order valence-corrected chi connectivity index (χ2v) is 6.18. The predicted molar refractivity (Wildman–Crippen MR) is 98.3 cm³/mol. The molecule has 128 valence electrons. The molecular formula is C20H26N2O2. The van der Waals surface area contributed by atoms with E-state index in [4.69, 9.17) is 10.5 Å². The van der Waals surface area contributed by atoms with Crippen LogP contribution in [0.15, 0.2) is 48.5 Å². The summed E-state index contributed by atoms with van der Waals surface area (Å²) in [7, 11) is 1.57. The lowest BCUT2D eigenvalue weighted by Crippen LogP contribution is -2.32. The van der Waals surface area contributed by atoms with Crippen molar-refractivity contribution < 1.29 is 9.53 Å². The van der Waals surface area contributed by atoms with E-state index in [1.165, 1.54) is 5.56 Å². The van der Waals surface area contributed by atoms with Crippen molar-refractivity contribution in [3.63, 3.8) is 0 Å². The average molecular weight is 326 g/mol. The van der Waals surface area contributed by atoms with Gasteiger partial charge in [0.25, 0.3) is 0 Å². The SMILES string of the molecule is COc1ccc(C(=O)CCN(Cc2ccccc2)C(C)C)cc1N. The van der Waals surface area contributed by atoms with E-state index in [9.17, 15) is 4.79 Å². The standard InChI is InChI=1S/C20H26N2O2/c1-15(2)22(14-16-7-5-4-6-8-16)12-11-19(23)17-9-10-20(24-3)18(21)13-17/h4-10,13,15H,11-12,14,21H2,1-3H3. The number of ketones is 1. The molecular weight excluding hydrogens is 300 g/mol. The molecule has 2 aromatic rings. The topological polar surface area (TPSA) is 55.6 Å². The summed E-state index contributed by atoms with van der Waals surface area (Å²) in [5.41, 5.74) is 8.27. The lowest BCUT2D eigenvalue weighted by atomic mass is 10.1. The molecule has 0 amide bonds. The highest BCUT2D eigenvalue weighted by Crippen LogP contribution is 2.22. The van der Waals surface area contributed by atoms with Crippen molar-refractivity contribution in [1.82, 2.24) is 4.90 Å².